The van der Waals surface area contributed by atoms with Gasteiger partial charge in [-0.1, -0.05) is 32.3 Å². The summed E-state index contributed by atoms with van der Waals surface area (Å²) in [6, 6.07) is 5.78. The first-order valence-electron chi connectivity index (χ1n) is 7.99. The highest BCUT2D eigenvalue weighted by Crippen LogP contribution is 2.36. The Hall–Kier alpha value is -1.71. The second-order valence-corrected chi connectivity index (χ2v) is 5.95. The number of carbonyl (C=O) groups excluding carboxylic acids is 1. The van der Waals surface area contributed by atoms with E-state index in [2.05, 4.69) is 12.2 Å². The summed E-state index contributed by atoms with van der Waals surface area (Å²) in [4.78, 5) is 12.5. The van der Waals surface area contributed by atoms with Crippen molar-refractivity contribution in [2.24, 2.45) is 5.92 Å². The average Bonchev–Trinajstić information content (AvgIpc) is 3.13. The molecule has 1 aliphatic carbocycles. The Morgan fingerprint density at radius 3 is 3.10 bits per heavy atom. The number of carbonyl (C=O) groups is 1. The molecule has 21 heavy (non-hydrogen) atoms. The van der Waals surface area contributed by atoms with Gasteiger partial charge in [-0.2, -0.15) is 0 Å². The lowest BCUT2D eigenvalue weighted by molar-refractivity contribution is 0.0922. The highest BCUT2D eigenvalue weighted by atomic mass is 16.7. The van der Waals surface area contributed by atoms with Crippen molar-refractivity contribution in [2.75, 3.05) is 6.79 Å². The third-order valence-corrected chi connectivity index (χ3v) is 4.55. The Bertz CT molecular complexity index is 515. The molecule has 1 aromatic rings. The van der Waals surface area contributed by atoms with Crippen LogP contribution in [-0.4, -0.2) is 18.7 Å². The van der Waals surface area contributed by atoms with Crippen LogP contribution in [0, 0.1) is 5.92 Å². The molecule has 1 N–H and O–H groups in total. The summed E-state index contributed by atoms with van der Waals surface area (Å²) in [7, 11) is 0. The van der Waals surface area contributed by atoms with Crippen molar-refractivity contribution in [3.8, 4) is 11.5 Å². The van der Waals surface area contributed by atoms with Gasteiger partial charge in [-0.15, -0.1) is 0 Å². The highest BCUT2D eigenvalue weighted by molar-refractivity contribution is 5.98. The number of fused-ring (bicyclic) bond motifs is 1. The smallest absolute Gasteiger partial charge is 0.255 e. The molecule has 1 aliphatic heterocycles. The quantitative estimate of drug-likeness (QED) is 0.902. The fraction of sp³-hybridized carbons (Fsp3) is 0.588. The molecule has 1 amide bonds. The van der Waals surface area contributed by atoms with Crippen LogP contribution in [0.2, 0.25) is 0 Å². The molecular formula is C17H23NO3. The minimum atomic E-state index is -0.0363. The Morgan fingerprint density at radius 1 is 1.33 bits per heavy atom. The summed E-state index contributed by atoms with van der Waals surface area (Å²) < 4.78 is 10.8. The fourth-order valence-corrected chi connectivity index (χ4v) is 3.39. The molecule has 1 saturated carbocycles. The van der Waals surface area contributed by atoms with E-state index in [4.69, 9.17) is 9.47 Å². The van der Waals surface area contributed by atoms with E-state index in [9.17, 15) is 4.79 Å². The number of ether oxygens (including phenoxy) is 2. The summed E-state index contributed by atoms with van der Waals surface area (Å²) in [5, 5.41) is 3.21. The van der Waals surface area contributed by atoms with Crippen molar-refractivity contribution in [1.29, 1.82) is 0 Å². The van der Waals surface area contributed by atoms with Gasteiger partial charge in [0.25, 0.3) is 5.91 Å². The standard InChI is InChI=1S/C17H23NO3/c1-2-3-6-12-7-4-9-14(12)18-17(19)13-8-5-10-15-16(13)21-11-20-15/h5,8,10,12,14H,2-4,6-7,9,11H2,1H3,(H,18,19). The molecule has 2 unspecified atom stereocenters. The molecule has 0 aromatic heterocycles. The van der Waals surface area contributed by atoms with E-state index in [0.717, 1.165) is 6.42 Å². The monoisotopic (exact) mass is 289 g/mol. The van der Waals surface area contributed by atoms with Gasteiger partial charge in [-0.05, 0) is 37.3 Å². The Balaban J connectivity index is 1.68. The van der Waals surface area contributed by atoms with Crippen LogP contribution in [0.15, 0.2) is 18.2 Å². The first-order valence-corrected chi connectivity index (χ1v) is 7.99. The number of hydrogen-bond acceptors (Lipinski definition) is 3. The minimum absolute atomic E-state index is 0.0363. The van der Waals surface area contributed by atoms with Crippen molar-refractivity contribution >= 4 is 5.91 Å². The lowest BCUT2D eigenvalue weighted by Crippen LogP contribution is -2.37. The summed E-state index contributed by atoms with van der Waals surface area (Å²) in [5.41, 5.74) is 0.589. The van der Waals surface area contributed by atoms with Crippen LogP contribution in [0.5, 0.6) is 11.5 Å². The van der Waals surface area contributed by atoms with E-state index in [1.165, 1.54) is 32.1 Å². The summed E-state index contributed by atoms with van der Waals surface area (Å²) in [5.74, 6) is 1.84. The van der Waals surface area contributed by atoms with E-state index < -0.39 is 0 Å². The third-order valence-electron chi connectivity index (χ3n) is 4.55. The zero-order chi connectivity index (χ0) is 14.7. The van der Waals surface area contributed by atoms with Crippen molar-refractivity contribution < 1.29 is 14.3 Å². The number of hydrogen-bond donors (Lipinski definition) is 1. The fourth-order valence-electron chi connectivity index (χ4n) is 3.39. The Labute approximate surface area is 125 Å². The van der Waals surface area contributed by atoms with Gasteiger partial charge in [0.2, 0.25) is 6.79 Å². The molecule has 4 nitrogen and oxygen atoms in total. The maximum absolute atomic E-state index is 12.5. The molecule has 1 heterocycles. The second-order valence-electron chi connectivity index (χ2n) is 5.95. The van der Waals surface area contributed by atoms with Crippen LogP contribution in [-0.2, 0) is 0 Å². The summed E-state index contributed by atoms with van der Waals surface area (Å²) in [6.45, 7) is 2.41. The van der Waals surface area contributed by atoms with Crippen molar-refractivity contribution in [3.05, 3.63) is 23.8 Å². The van der Waals surface area contributed by atoms with Gasteiger partial charge in [0.1, 0.15) is 0 Å². The average molecular weight is 289 g/mol. The zero-order valence-corrected chi connectivity index (χ0v) is 12.6. The van der Waals surface area contributed by atoms with Crippen molar-refractivity contribution in [1.82, 2.24) is 5.32 Å². The molecule has 3 rings (SSSR count). The molecule has 2 atom stereocenters. The van der Waals surface area contributed by atoms with E-state index >= 15 is 0 Å². The van der Waals surface area contributed by atoms with Gasteiger partial charge in [0.05, 0.1) is 5.56 Å². The van der Waals surface area contributed by atoms with Crippen LogP contribution in [0.4, 0.5) is 0 Å². The molecule has 0 spiro atoms. The van der Waals surface area contributed by atoms with Gasteiger partial charge in [0.15, 0.2) is 11.5 Å². The Morgan fingerprint density at radius 2 is 2.24 bits per heavy atom. The van der Waals surface area contributed by atoms with Gasteiger partial charge in [-0.25, -0.2) is 0 Å². The van der Waals surface area contributed by atoms with E-state index in [1.54, 1.807) is 6.07 Å². The topological polar surface area (TPSA) is 47.6 Å². The zero-order valence-electron chi connectivity index (χ0n) is 12.6. The maximum Gasteiger partial charge on any atom is 0.255 e. The first-order chi connectivity index (χ1) is 10.3. The lowest BCUT2D eigenvalue weighted by atomic mass is 9.96. The van der Waals surface area contributed by atoms with Crippen LogP contribution >= 0.6 is 0 Å². The first kappa shape index (κ1) is 14.2. The van der Waals surface area contributed by atoms with Crippen molar-refractivity contribution in [2.45, 2.75) is 51.5 Å². The number of amides is 1. The normalized spacial score (nSPS) is 23.3. The maximum atomic E-state index is 12.5. The molecule has 0 radical (unpaired) electrons. The van der Waals surface area contributed by atoms with Crippen LogP contribution in [0.1, 0.15) is 55.8 Å². The number of unbranched alkanes of at least 4 members (excludes halogenated alkanes) is 1. The van der Waals surface area contributed by atoms with E-state index in [0.29, 0.717) is 29.0 Å². The predicted octanol–water partition coefficient (Wildman–Crippen LogP) is 3.50. The molecule has 114 valence electrons. The lowest BCUT2D eigenvalue weighted by Gasteiger charge is -2.21. The minimum Gasteiger partial charge on any atom is -0.454 e. The van der Waals surface area contributed by atoms with E-state index in [-0.39, 0.29) is 12.7 Å². The van der Waals surface area contributed by atoms with Crippen LogP contribution in [0.3, 0.4) is 0 Å². The van der Waals surface area contributed by atoms with Crippen molar-refractivity contribution in [3.63, 3.8) is 0 Å². The molecular weight excluding hydrogens is 266 g/mol. The van der Waals surface area contributed by atoms with Gasteiger partial charge in [0, 0.05) is 6.04 Å². The van der Waals surface area contributed by atoms with Gasteiger partial charge < -0.3 is 14.8 Å². The number of benzene rings is 1. The molecule has 2 aliphatic rings. The summed E-state index contributed by atoms with van der Waals surface area (Å²) in [6.07, 6.45) is 7.22. The van der Waals surface area contributed by atoms with Crippen LogP contribution in [0.25, 0.3) is 0 Å². The number of para-hydroxylation sites is 1. The Kier molecular flexibility index (Phi) is 4.32. The molecule has 1 aromatic carbocycles. The van der Waals surface area contributed by atoms with Crippen LogP contribution < -0.4 is 14.8 Å². The summed E-state index contributed by atoms with van der Waals surface area (Å²) >= 11 is 0. The second kappa shape index (κ2) is 6.37. The highest BCUT2D eigenvalue weighted by Gasteiger charge is 2.30. The SMILES string of the molecule is CCCCC1CCCC1NC(=O)c1cccc2c1OCO2. The van der Waals surface area contributed by atoms with E-state index in [1.807, 2.05) is 12.1 Å². The molecule has 1 fully saturated rings. The molecule has 0 saturated heterocycles. The number of nitrogens with one attached hydrogen (secondary N) is 1. The number of rotatable bonds is 5. The molecule has 4 heteroatoms. The predicted molar refractivity (Wildman–Crippen MR) is 80.7 cm³/mol. The molecule has 0 bridgehead atoms. The largest absolute Gasteiger partial charge is 0.454 e. The van der Waals surface area contributed by atoms with Gasteiger partial charge in [-0.3, -0.25) is 4.79 Å². The third kappa shape index (κ3) is 2.99. The van der Waals surface area contributed by atoms with Gasteiger partial charge >= 0.3 is 0 Å².